The second-order valence-electron chi connectivity index (χ2n) is 3.81. The van der Waals surface area contributed by atoms with Crippen LogP contribution in [0.4, 0.5) is 0 Å². The van der Waals surface area contributed by atoms with E-state index in [-0.39, 0.29) is 12.2 Å². The van der Waals surface area contributed by atoms with Crippen LogP contribution in [-0.4, -0.2) is 32.6 Å². The van der Waals surface area contributed by atoms with Crippen LogP contribution in [-0.2, 0) is 17.8 Å². The first kappa shape index (κ1) is 13.1. The van der Waals surface area contributed by atoms with Gasteiger partial charge in [-0.25, -0.2) is 14.8 Å². The zero-order chi connectivity index (χ0) is 13.5. The van der Waals surface area contributed by atoms with Crippen LogP contribution >= 0.6 is 0 Å². The van der Waals surface area contributed by atoms with Crippen LogP contribution in [0.3, 0.4) is 0 Å². The molecule has 2 aromatic rings. The van der Waals surface area contributed by atoms with E-state index in [2.05, 4.69) is 15.0 Å². The van der Waals surface area contributed by atoms with Gasteiger partial charge in [0.05, 0.1) is 18.9 Å². The maximum absolute atomic E-state index is 10.9. The van der Waals surface area contributed by atoms with Crippen LogP contribution < -0.4 is 0 Å². The molecule has 0 aliphatic carbocycles. The molecule has 0 aliphatic heterocycles. The number of aromatic nitrogens is 3. The Balaban J connectivity index is 1.85. The number of hydrogen-bond donors (Lipinski definition) is 1. The molecule has 0 atom stereocenters. The summed E-state index contributed by atoms with van der Waals surface area (Å²) < 4.78 is 5.42. The van der Waals surface area contributed by atoms with Gasteiger partial charge in [-0.2, -0.15) is 0 Å². The summed E-state index contributed by atoms with van der Waals surface area (Å²) in [7, 11) is 0. The van der Waals surface area contributed by atoms with E-state index in [9.17, 15) is 4.79 Å². The summed E-state index contributed by atoms with van der Waals surface area (Å²) in [6, 6.07) is 5.68. The second-order valence-corrected chi connectivity index (χ2v) is 3.81. The summed E-state index contributed by atoms with van der Waals surface area (Å²) in [6.07, 6.45) is 4.98. The fourth-order valence-corrected chi connectivity index (χ4v) is 1.54. The maximum Gasteiger partial charge on any atom is 0.339 e. The SMILES string of the molecule is O=C(O)c1cncnc1COCCc1ccccn1. The summed E-state index contributed by atoms with van der Waals surface area (Å²) in [5.41, 5.74) is 1.38. The van der Waals surface area contributed by atoms with E-state index >= 15 is 0 Å². The lowest BCUT2D eigenvalue weighted by molar-refractivity contribution is 0.0685. The average molecular weight is 259 g/mol. The number of rotatable bonds is 6. The van der Waals surface area contributed by atoms with Crippen molar-refractivity contribution in [2.75, 3.05) is 6.61 Å². The summed E-state index contributed by atoms with van der Waals surface area (Å²) >= 11 is 0. The summed E-state index contributed by atoms with van der Waals surface area (Å²) in [5, 5.41) is 8.95. The van der Waals surface area contributed by atoms with Crippen molar-refractivity contribution in [3.8, 4) is 0 Å². The smallest absolute Gasteiger partial charge is 0.339 e. The number of ether oxygens (including phenoxy) is 1. The predicted octanol–water partition coefficient (Wildman–Crippen LogP) is 1.33. The number of aromatic carboxylic acids is 1. The molecule has 6 heteroatoms. The molecule has 0 aromatic carbocycles. The van der Waals surface area contributed by atoms with E-state index in [1.54, 1.807) is 6.20 Å². The fraction of sp³-hybridized carbons (Fsp3) is 0.231. The third-order valence-electron chi connectivity index (χ3n) is 2.49. The normalized spacial score (nSPS) is 10.3. The van der Waals surface area contributed by atoms with E-state index < -0.39 is 5.97 Å². The molecule has 0 radical (unpaired) electrons. The van der Waals surface area contributed by atoms with Crippen LogP contribution in [0.1, 0.15) is 21.7 Å². The minimum atomic E-state index is -1.05. The lowest BCUT2D eigenvalue weighted by Crippen LogP contribution is -2.08. The zero-order valence-electron chi connectivity index (χ0n) is 10.2. The number of carbonyl (C=O) groups is 1. The molecule has 0 bridgehead atoms. The highest BCUT2D eigenvalue weighted by Crippen LogP contribution is 2.05. The van der Waals surface area contributed by atoms with Crippen molar-refractivity contribution in [1.29, 1.82) is 0 Å². The predicted molar refractivity (Wildman–Crippen MR) is 66.6 cm³/mol. The van der Waals surface area contributed by atoms with E-state index in [1.807, 2.05) is 18.2 Å². The van der Waals surface area contributed by atoms with Gasteiger partial charge in [-0.05, 0) is 12.1 Å². The molecule has 2 heterocycles. The van der Waals surface area contributed by atoms with E-state index in [1.165, 1.54) is 12.5 Å². The lowest BCUT2D eigenvalue weighted by atomic mass is 10.2. The van der Waals surface area contributed by atoms with Crippen LogP contribution in [0.2, 0.25) is 0 Å². The Bertz CT molecular complexity index is 546. The quantitative estimate of drug-likeness (QED) is 0.788. The van der Waals surface area contributed by atoms with E-state index in [4.69, 9.17) is 9.84 Å². The van der Waals surface area contributed by atoms with Gasteiger partial charge in [-0.1, -0.05) is 6.07 Å². The fourth-order valence-electron chi connectivity index (χ4n) is 1.54. The summed E-state index contributed by atoms with van der Waals surface area (Å²) in [4.78, 5) is 22.7. The number of hydrogen-bond acceptors (Lipinski definition) is 5. The van der Waals surface area contributed by atoms with Crippen LogP contribution in [0, 0.1) is 0 Å². The molecule has 19 heavy (non-hydrogen) atoms. The van der Waals surface area contributed by atoms with Crippen LogP contribution in [0.5, 0.6) is 0 Å². The first-order chi connectivity index (χ1) is 9.27. The Hall–Kier alpha value is -2.34. The highest BCUT2D eigenvalue weighted by molar-refractivity contribution is 5.88. The van der Waals surface area contributed by atoms with Crippen molar-refractivity contribution < 1.29 is 14.6 Å². The molecule has 98 valence electrons. The molecule has 1 N–H and O–H groups in total. The van der Waals surface area contributed by atoms with Crippen molar-refractivity contribution in [2.24, 2.45) is 0 Å². The molecule has 2 rings (SSSR count). The van der Waals surface area contributed by atoms with Gasteiger partial charge in [-0.3, -0.25) is 4.98 Å². The molecule has 0 saturated heterocycles. The minimum absolute atomic E-state index is 0.0698. The Morgan fingerprint density at radius 3 is 2.95 bits per heavy atom. The second kappa shape index (κ2) is 6.55. The maximum atomic E-state index is 10.9. The Kier molecular flexibility index (Phi) is 4.52. The summed E-state index contributed by atoms with van der Waals surface area (Å²) in [6.45, 7) is 0.608. The van der Waals surface area contributed by atoms with Gasteiger partial charge in [0.1, 0.15) is 11.9 Å². The molecule has 0 fully saturated rings. The zero-order valence-corrected chi connectivity index (χ0v) is 10.2. The van der Waals surface area contributed by atoms with Gasteiger partial charge in [0.15, 0.2) is 0 Å². The summed E-state index contributed by atoms with van der Waals surface area (Å²) in [5.74, 6) is -1.05. The van der Waals surface area contributed by atoms with Gasteiger partial charge >= 0.3 is 5.97 Å². The van der Waals surface area contributed by atoms with Crippen molar-refractivity contribution in [3.63, 3.8) is 0 Å². The standard InChI is InChI=1S/C13H13N3O3/c17-13(18)11-7-14-9-16-12(11)8-19-6-4-10-3-1-2-5-15-10/h1-3,5,7,9H,4,6,8H2,(H,17,18). The number of carboxylic acids is 1. The van der Waals surface area contributed by atoms with Crippen molar-refractivity contribution in [1.82, 2.24) is 15.0 Å². The largest absolute Gasteiger partial charge is 0.478 e. The van der Waals surface area contributed by atoms with Crippen molar-refractivity contribution >= 4 is 5.97 Å². The van der Waals surface area contributed by atoms with Gasteiger partial charge in [-0.15, -0.1) is 0 Å². The van der Waals surface area contributed by atoms with Crippen LogP contribution in [0.15, 0.2) is 36.9 Å². The highest BCUT2D eigenvalue weighted by Gasteiger charge is 2.11. The number of pyridine rings is 1. The Labute approximate surface area is 110 Å². The topological polar surface area (TPSA) is 85.2 Å². The minimum Gasteiger partial charge on any atom is -0.478 e. The van der Waals surface area contributed by atoms with Gasteiger partial charge in [0.2, 0.25) is 0 Å². The Morgan fingerprint density at radius 1 is 1.32 bits per heavy atom. The molecule has 0 aliphatic rings. The van der Waals surface area contributed by atoms with Gasteiger partial charge in [0, 0.05) is 24.5 Å². The first-order valence-electron chi connectivity index (χ1n) is 5.77. The molecule has 6 nitrogen and oxygen atoms in total. The molecule has 2 aromatic heterocycles. The van der Waals surface area contributed by atoms with Gasteiger partial charge < -0.3 is 9.84 Å². The monoisotopic (exact) mass is 259 g/mol. The number of carboxylic acid groups (broad SMARTS) is 1. The van der Waals surface area contributed by atoms with E-state index in [0.717, 1.165) is 5.69 Å². The third kappa shape index (κ3) is 3.82. The molecule has 0 saturated carbocycles. The van der Waals surface area contributed by atoms with Crippen molar-refractivity contribution in [3.05, 3.63) is 53.9 Å². The molecular weight excluding hydrogens is 246 g/mol. The van der Waals surface area contributed by atoms with Crippen molar-refractivity contribution in [2.45, 2.75) is 13.0 Å². The Morgan fingerprint density at radius 2 is 2.21 bits per heavy atom. The molecular formula is C13H13N3O3. The molecule has 0 unspecified atom stereocenters. The molecule has 0 amide bonds. The average Bonchev–Trinajstić information content (AvgIpc) is 2.45. The van der Waals surface area contributed by atoms with E-state index in [0.29, 0.717) is 18.7 Å². The highest BCUT2D eigenvalue weighted by atomic mass is 16.5. The lowest BCUT2D eigenvalue weighted by Gasteiger charge is -2.05. The van der Waals surface area contributed by atoms with Gasteiger partial charge in [0.25, 0.3) is 0 Å². The van der Waals surface area contributed by atoms with Crippen LogP contribution in [0.25, 0.3) is 0 Å². The number of nitrogens with zero attached hydrogens (tertiary/aromatic N) is 3. The molecule has 0 spiro atoms. The third-order valence-corrected chi connectivity index (χ3v) is 2.49. The first-order valence-corrected chi connectivity index (χ1v) is 5.77.